The first-order valence-electron chi connectivity index (χ1n) is 8.34. The van der Waals surface area contributed by atoms with Crippen LogP contribution in [0.5, 0.6) is 0 Å². The van der Waals surface area contributed by atoms with Crippen LogP contribution in [-0.4, -0.2) is 35.9 Å². The number of halogens is 2. The molecule has 1 amide bonds. The lowest BCUT2D eigenvalue weighted by Crippen LogP contribution is -2.28. The summed E-state index contributed by atoms with van der Waals surface area (Å²) < 4.78 is 0.906. The van der Waals surface area contributed by atoms with Crippen molar-refractivity contribution in [1.29, 1.82) is 0 Å². The molecule has 0 spiro atoms. The maximum atomic E-state index is 12.4. The van der Waals surface area contributed by atoms with Gasteiger partial charge in [0.05, 0.1) is 5.52 Å². The molecule has 1 aromatic heterocycles. The number of carbonyl (C=O) groups excluding carboxylic acids is 1. The summed E-state index contributed by atoms with van der Waals surface area (Å²) in [5.74, 6) is 0.0234. The van der Waals surface area contributed by atoms with Gasteiger partial charge in [0, 0.05) is 52.5 Å². The number of rotatable bonds is 6. The fraction of sp³-hybridized carbons (Fsp3) is 0.200. The largest absolute Gasteiger partial charge is 0.384 e. The lowest BCUT2D eigenvalue weighted by Gasteiger charge is -2.18. The third kappa shape index (κ3) is 4.54. The molecular weight excluding hydrogens is 414 g/mol. The van der Waals surface area contributed by atoms with E-state index in [4.69, 9.17) is 11.6 Å². The van der Waals surface area contributed by atoms with Crippen molar-refractivity contribution < 1.29 is 4.79 Å². The molecule has 26 heavy (non-hydrogen) atoms. The molecule has 1 N–H and O–H groups in total. The van der Waals surface area contributed by atoms with Crippen molar-refractivity contribution in [3.05, 3.63) is 69.8 Å². The van der Waals surface area contributed by atoms with E-state index in [1.54, 1.807) is 11.1 Å². The molecule has 0 unspecified atom stereocenters. The molecule has 3 rings (SSSR count). The van der Waals surface area contributed by atoms with Gasteiger partial charge in [-0.3, -0.25) is 9.78 Å². The minimum absolute atomic E-state index is 0.0234. The van der Waals surface area contributed by atoms with Crippen molar-refractivity contribution >= 4 is 50.0 Å². The summed E-state index contributed by atoms with van der Waals surface area (Å²) >= 11 is 9.42. The Balaban J connectivity index is 1.55. The smallest absolute Gasteiger partial charge is 0.253 e. The number of benzene rings is 2. The van der Waals surface area contributed by atoms with Crippen molar-refractivity contribution in [3.63, 3.8) is 0 Å². The van der Waals surface area contributed by atoms with Crippen LogP contribution in [0.1, 0.15) is 16.8 Å². The predicted octanol–water partition coefficient (Wildman–Crippen LogP) is 5.22. The highest BCUT2D eigenvalue weighted by Crippen LogP contribution is 2.24. The monoisotopic (exact) mass is 431 g/mol. The number of hydrogen-bond donors (Lipinski definition) is 1. The molecule has 0 atom stereocenters. The number of nitrogens with one attached hydrogen (secondary N) is 1. The summed E-state index contributed by atoms with van der Waals surface area (Å²) in [5, 5.41) is 5.13. The molecule has 2 aromatic carbocycles. The van der Waals surface area contributed by atoms with E-state index in [9.17, 15) is 4.79 Å². The van der Waals surface area contributed by atoms with Gasteiger partial charge in [0.1, 0.15) is 0 Å². The first-order chi connectivity index (χ1) is 12.5. The second kappa shape index (κ2) is 8.52. The summed E-state index contributed by atoms with van der Waals surface area (Å²) in [4.78, 5) is 18.5. The van der Waals surface area contributed by atoms with Gasteiger partial charge < -0.3 is 10.2 Å². The maximum Gasteiger partial charge on any atom is 0.253 e. The van der Waals surface area contributed by atoms with E-state index >= 15 is 0 Å². The summed E-state index contributed by atoms with van der Waals surface area (Å²) in [6, 6.07) is 15.1. The first-order valence-corrected chi connectivity index (χ1v) is 9.51. The van der Waals surface area contributed by atoms with Gasteiger partial charge in [0.15, 0.2) is 0 Å². The minimum atomic E-state index is 0.0234. The summed E-state index contributed by atoms with van der Waals surface area (Å²) in [5.41, 5.74) is 2.57. The molecule has 1 heterocycles. The van der Waals surface area contributed by atoms with Gasteiger partial charge in [0.25, 0.3) is 5.91 Å². The fourth-order valence-electron chi connectivity index (χ4n) is 2.76. The third-order valence-electron chi connectivity index (χ3n) is 4.11. The Labute approximate surface area is 166 Å². The Morgan fingerprint density at radius 3 is 2.88 bits per heavy atom. The van der Waals surface area contributed by atoms with E-state index in [1.165, 1.54) is 0 Å². The number of amides is 1. The van der Waals surface area contributed by atoms with Crippen LogP contribution in [0.4, 0.5) is 5.69 Å². The van der Waals surface area contributed by atoms with Crippen LogP contribution in [0.15, 0.2) is 59.2 Å². The van der Waals surface area contributed by atoms with Crippen molar-refractivity contribution in [2.45, 2.75) is 6.42 Å². The Morgan fingerprint density at radius 2 is 2.08 bits per heavy atom. The number of fused-ring (bicyclic) bond motifs is 1. The molecule has 0 saturated carbocycles. The van der Waals surface area contributed by atoms with Crippen LogP contribution in [-0.2, 0) is 0 Å². The van der Waals surface area contributed by atoms with Crippen LogP contribution < -0.4 is 5.32 Å². The van der Waals surface area contributed by atoms with Crippen LogP contribution in [0, 0.1) is 0 Å². The molecule has 134 valence electrons. The summed E-state index contributed by atoms with van der Waals surface area (Å²) in [7, 11) is 1.83. The molecular formula is C20H19BrClN3O. The van der Waals surface area contributed by atoms with Crippen LogP contribution in [0.25, 0.3) is 10.9 Å². The molecule has 4 nitrogen and oxygen atoms in total. The van der Waals surface area contributed by atoms with E-state index in [0.29, 0.717) is 17.1 Å². The van der Waals surface area contributed by atoms with Gasteiger partial charge in [0.2, 0.25) is 0 Å². The van der Waals surface area contributed by atoms with E-state index in [-0.39, 0.29) is 5.91 Å². The van der Waals surface area contributed by atoms with Crippen LogP contribution >= 0.6 is 27.5 Å². The fourth-order valence-corrected chi connectivity index (χ4v) is 3.32. The van der Waals surface area contributed by atoms with Crippen LogP contribution in [0.2, 0.25) is 5.02 Å². The van der Waals surface area contributed by atoms with Gasteiger partial charge in [-0.1, -0.05) is 33.6 Å². The van der Waals surface area contributed by atoms with Crippen molar-refractivity contribution in [2.75, 3.05) is 25.5 Å². The lowest BCUT2D eigenvalue weighted by atomic mass is 10.2. The number of anilines is 1. The Hall–Kier alpha value is -2.11. The Morgan fingerprint density at radius 1 is 1.23 bits per heavy atom. The van der Waals surface area contributed by atoms with Gasteiger partial charge >= 0.3 is 0 Å². The summed E-state index contributed by atoms with van der Waals surface area (Å²) in [6.07, 6.45) is 2.61. The number of nitrogens with zero attached hydrogens (tertiary/aromatic N) is 2. The number of carbonyl (C=O) groups is 1. The molecule has 0 aliphatic heterocycles. The van der Waals surface area contributed by atoms with E-state index in [0.717, 1.165) is 34.0 Å². The normalized spacial score (nSPS) is 10.7. The maximum absolute atomic E-state index is 12.4. The molecule has 0 aliphatic carbocycles. The SMILES string of the molecule is CN(CCCNc1ccnc2cc(Cl)ccc12)C(=O)c1cccc(Br)c1. The number of pyridine rings is 1. The zero-order valence-corrected chi connectivity index (χ0v) is 16.7. The number of aromatic nitrogens is 1. The third-order valence-corrected chi connectivity index (χ3v) is 4.84. The van der Waals surface area contributed by atoms with Crippen molar-refractivity contribution in [1.82, 2.24) is 9.88 Å². The molecule has 0 radical (unpaired) electrons. The van der Waals surface area contributed by atoms with Gasteiger partial charge in [-0.2, -0.15) is 0 Å². The Kier molecular flexibility index (Phi) is 6.12. The van der Waals surface area contributed by atoms with Crippen LogP contribution in [0.3, 0.4) is 0 Å². The van der Waals surface area contributed by atoms with Gasteiger partial charge in [-0.05, 0) is 48.9 Å². The van der Waals surface area contributed by atoms with Gasteiger partial charge in [-0.15, -0.1) is 0 Å². The molecule has 0 bridgehead atoms. The quantitative estimate of drug-likeness (QED) is 0.543. The first kappa shape index (κ1) is 18.7. The molecule has 6 heteroatoms. The molecule has 3 aromatic rings. The highest BCUT2D eigenvalue weighted by atomic mass is 79.9. The Bertz CT molecular complexity index is 932. The average molecular weight is 433 g/mol. The minimum Gasteiger partial charge on any atom is -0.384 e. The van der Waals surface area contributed by atoms with Crippen molar-refractivity contribution in [3.8, 4) is 0 Å². The second-order valence-corrected chi connectivity index (χ2v) is 7.39. The highest BCUT2D eigenvalue weighted by molar-refractivity contribution is 9.10. The topological polar surface area (TPSA) is 45.2 Å². The van der Waals surface area contributed by atoms with Gasteiger partial charge in [-0.25, -0.2) is 0 Å². The van der Waals surface area contributed by atoms with E-state index < -0.39 is 0 Å². The zero-order valence-electron chi connectivity index (χ0n) is 14.4. The lowest BCUT2D eigenvalue weighted by molar-refractivity contribution is 0.0794. The zero-order chi connectivity index (χ0) is 18.5. The standard InChI is InChI=1S/C20H19BrClN3O/c1-25(20(26)14-4-2-5-15(21)12-14)11-3-9-23-18-8-10-24-19-13-16(22)6-7-17(18)19/h2,4-8,10,12-13H,3,9,11H2,1H3,(H,23,24). The predicted molar refractivity (Wildman–Crippen MR) is 111 cm³/mol. The molecule has 0 saturated heterocycles. The van der Waals surface area contributed by atoms with E-state index in [2.05, 4.69) is 26.2 Å². The highest BCUT2D eigenvalue weighted by Gasteiger charge is 2.11. The molecule has 0 fully saturated rings. The van der Waals surface area contributed by atoms with E-state index in [1.807, 2.05) is 55.6 Å². The summed E-state index contributed by atoms with van der Waals surface area (Å²) in [6.45, 7) is 1.44. The second-order valence-electron chi connectivity index (χ2n) is 6.04. The number of hydrogen-bond acceptors (Lipinski definition) is 3. The average Bonchev–Trinajstić information content (AvgIpc) is 2.64. The molecule has 0 aliphatic rings. The van der Waals surface area contributed by atoms with Crippen molar-refractivity contribution in [2.24, 2.45) is 0 Å².